The Morgan fingerprint density at radius 1 is 1.15 bits per heavy atom. The van der Waals surface area contributed by atoms with Gasteiger partial charge in [-0.3, -0.25) is 9.89 Å². The van der Waals surface area contributed by atoms with Crippen LogP contribution in [0.1, 0.15) is 0 Å². The zero-order valence-corrected chi connectivity index (χ0v) is 14.7. The third-order valence-electron chi connectivity index (χ3n) is 3.47. The van der Waals surface area contributed by atoms with E-state index in [9.17, 15) is 18.0 Å². The summed E-state index contributed by atoms with van der Waals surface area (Å²) in [6.45, 7) is 0. The van der Waals surface area contributed by atoms with Crippen LogP contribution >= 0.6 is 11.8 Å². The van der Waals surface area contributed by atoms with Crippen molar-refractivity contribution in [2.24, 2.45) is 0 Å². The van der Waals surface area contributed by atoms with Crippen molar-refractivity contribution in [3.05, 3.63) is 53.8 Å². The molecule has 3 rings (SSSR count). The molecule has 1 amide bonds. The minimum atomic E-state index is -1.64. The highest BCUT2D eigenvalue weighted by Gasteiger charge is 2.16. The summed E-state index contributed by atoms with van der Waals surface area (Å²) in [5.41, 5.74) is 0.344. The van der Waals surface area contributed by atoms with Gasteiger partial charge in [0.15, 0.2) is 23.3 Å². The van der Waals surface area contributed by atoms with Gasteiger partial charge in [-0.25, -0.2) is 18.2 Å². The molecule has 0 saturated heterocycles. The lowest BCUT2D eigenvalue weighted by Crippen LogP contribution is -2.16. The van der Waals surface area contributed by atoms with Crippen LogP contribution in [-0.4, -0.2) is 34.0 Å². The number of anilines is 1. The molecule has 27 heavy (non-hydrogen) atoms. The highest BCUT2D eigenvalue weighted by Crippen LogP contribution is 2.23. The summed E-state index contributed by atoms with van der Waals surface area (Å²) < 4.78 is 44.7. The van der Waals surface area contributed by atoms with E-state index in [1.807, 2.05) is 0 Å². The van der Waals surface area contributed by atoms with Crippen molar-refractivity contribution in [1.29, 1.82) is 0 Å². The van der Waals surface area contributed by atoms with Gasteiger partial charge in [0.1, 0.15) is 5.75 Å². The number of carbonyl (C=O) groups excluding carboxylic acids is 1. The fraction of sp³-hybridized carbons (Fsp3) is 0.118. The van der Waals surface area contributed by atoms with Crippen LogP contribution in [0.3, 0.4) is 0 Å². The van der Waals surface area contributed by atoms with Gasteiger partial charge in [0.2, 0.25) is 11.1 Å². The lowest BCUT2D eigenvalue weighted by atomic mass is 10.2. The first-order valence-electron chi connectivity index (χ1n) is 7.61. The number of hydrogen-bond acceptors (Lipinski definition) is 5. The normalized spacial score (nSPS) is 10.7. The summed E-state index contributed by atoms with van der Waals surface area (Å²) >= 11 is 1.00. The van der Waals surface area contributed by atoms with Crippen molar-refractivity contribution >= 4 is 23.4 Å². The second kappa shape index (κ2) is 8.12. The zero-order chi connectivity index (χ0) is 19.4. The van der Waals surface area contributed by atoms with E-state index in [0.717, 1.165) is 29.5 Å². The minimum absolute atomic E-state index is 0.141. The Labute approximate surface area is 156 Å². The topological polar surface area (TPSA) is 79.9 Å². The predicted octanol–water partition coefficient (Wildman–Crippen LogP) is 3.63. The molecular weight excluding hydrogens is 381 g/mol. The monoisotopic (exact) mass is 394 g/mol. The Kier molecular flexibility index (Phi) is 5.65. The van der Waals surface area contributed by atoms with E-state index in [1.165, 1.54) is 0 Å². The molecule has 0 saturated carbocycles. The van der Waals surface area contributed by atoms with E-state index >= 15 is 0 Å². The van der Waals surface area contributed by atoms with Crippen LogP contribution in [0.25, 0.3) is 11.4 Å². The van der Waals surface area contributed by atoms with Crippen molar-refractivity contribution in [3.8, 4) is 17.1 Å². The third kappa shape index (κ3) is 4.40. The van der Waals surface area contributed by atoms with Gasteiger partial charge in [0.25, 0.3) is 0 Å². The van der Waals surface area contributed by atoms with Crippen LogP contribution in [-0.2, 0) is 4.79 Å². The van der Waals surface area contributed by atoms with Gasteiger partial charge in [-0.15, -0.1) is 5.10 Å². The Morgan fingerprint density at radius 3 is 2.59 bits per heavy atom. The smallest absolute Gasteiger partial charge is 0.234 e. The van der Waals surface area contributed by atoms with Crippen LogP contribution < -0.4 is 10.1 Å². The standard InChI is InChI=1S/C17H13F3N4O2S/c1-26-10-4-2-9(3-5-10)16-22-17(24-23-16)27-8-13(25)21-12-7-6-11(18)14(19)15(12)20/h2-7H,8H2,1H3,(H,21,25)(H,22,23,24). The van der Waals surface area contributed by atoms with E-state index in [0.29, 0.717) is 16.7 Å². The Bertz CT molecular complexity index is 963. The van der Waals surface area contributed by atoms with Crippen molar-refractivity contribution in [2.75, 3.05) is 18.2 Å². The van der Waals surface area contributed by atoms with Crippen molar-refractivity contribution in [2.45, 2.75) is 5.16 Å². The van der Waals surface area contributed by atoms with E-state index in [1.54, 1.807) is 31.4 Å². The number of nitrogens with zero attached hydrogens (tertiary/aromatic N) is 2. The number of nitrogens with one attached hydrogen (secondary N) is 2. The third-order valence-corrected chi connectivity index (χ3v) is 4.32. The summed E-state index contributed by atoms with van der Waals surface area (Å²) in [7, 11) is 1.56. The molecular formula is C17H13F3N4O2S. The number of hydrogen-bond donors (Lipinski definition) is 2. The number of carbonyl (C=O) groups is 1. The fourth-order valence-corrected chi connectivity index (χ4v) is 2.73. The first kappa shape index (κ1) is 18.8. The summed E-state index contributed by atoms with van der Waals surface area (Å²) in [6, 6.07) is 8.82. The minimum Gasteiger partial charge on any atom is -0.497 e. The largest absolute Gasteiger partial charge is 0.497 e. The van der Waals surface area contributed by atoms with Gasteiger partial charge in [-0.05, 0) is 36.4 Å². The quantitative estimate of drug-likeness (QED) is 0.493. The molecule has 0 atom stereocenters. The maximum atomic E-state index is 13.6. The second-order valence-electron chi connectivity index (χ2n) is 5.25. The number of benzene rings is 2. The molecule has 2 aromatic carbocycles. The average molecular weight is 394 g/mol. The molecule has 0 aliphatic rings. The molecule has 6 nitrogen and oxygen atoms in total. The van der Waals surface area contributed by atoms with Crippen LogP contribution in [0, 0.1) is 17.5 Å². The maximum Gasteiger partial charge on any atom is 0.234 e. The Balaban J connectivity index is 1.59. The number of methoxy groups -OCH3 is 1. The summed E-state index contributed by atoms with van der Waals surface area (Å²) in [4.78, 5) is 16.1. The lowest BCUT2D eigenvalue weighted by Gasteiger charge is -2.06. The molecule has 0 fully saturated rings. The number of ether oxygens (including phenoxy) is 1. The van der Waals surface area contributed by atoms with Gasteiger partial charge in [-0.2, -0.15) is 0 Å². The SMILES string of the molecule is COc1ccc(-c2nc(SCC(=O)Nc3ccc(F)c(F)c3F)n[nH]2)cc1. The average Bonchev–Trinajstić information content (AvgIpc) is 3.16. The van der Waals surface area contributed by atoms with Gasteiger partial charge in [0.05, 0.1) is 18.6 Å². The Morgan fingerprint density at radius 2 is 1.89 bits per heavy atom. The van der Waals surface area contributed by atoms with E-state index in [4.69, 9.17) is 4.74 Å². The number of halogens is 3. The molecule has 0 bridgehead atoms. The number of H-pyrrole nitrogens is 1. The number of aromatic nitrogens is 3. The predicted molar refractivity (Wildman–Crippen MR) is 94.0 cm³/mol. The molecule has 0 aliphatic carbocycles. The first-order chi connectivity index (χ1) is 13.0. The molecule has 2 N–H and O–H groups in total. The number of aromatic amines is 1. The fourth-order valence-electron chi connectivity index (χ4n) is 2.13. The summed E-state index contributed by atoms with van der Waals surface area (Å²) in [5, 5.41) is 9.23. The van der Waals surface area contributed by atoms with Crippen molar-refractivity contribution in [1.82, 2.24) is 15.2 Å². The molecule has 3 aromatic rings. The van der Waals surface area contributed by atoms with Gasteiger partial charge in [-0.1, -0.05) is 11.8 Å². The zero-order valence-electron chi connectivity index (χ0n) is 13.9. The van der Waals surface area contributed by atoms with E-state index in [2.05, 4.69) is 20.5 Å². The van der Waals surface area contributed by atoms with E-state index in [-0.39, 0.29) is 5.75 Å². The molecule has 0 spiro atoms. The number of thioether (sulfide) groups is 1. The maximum absolute atomic E-state index is 13.6. The summed E-state index contributed by atoms with van der Waals surface area (Å²) in [5.74, 6) is -3.96. The molecule has 1 aromatic heterocycles. The van der Waals surface area contributed by atoms with Gasteiger partial charge in [0, 0.05) is 5.56 Å². The molecule has 140 valence electrons. The van der Waals surface area contributed by atoms with Crippen LogP contribution in [0.2, 0.25) is 0 Å². The molecule has 0 radical (unpaired) electrons. The molecule has 1 heterocycles. The molecule has 0 aliphatic heterocycles. The summed E-state index contributed by atoms with van der Waals surface area (Å²) in [6.07, 6.45) is 0. The lowest BCUT2D eigenvalue weighted by molar-refractivity contribution is -0.113. The van der Waals surface area contributed by atoms with Crippen molar-refractivity contribution < 1.29 is 22.7 Å². The second-order valence-corrected chi connectivity index (χ2v) is 6.20. The van der Waals surface area contributed by atoms with Crippen LogP contribution in [0.5, 0.6) is 5.75 Å². The highest BCUT2D eigenvalue weighted by atomic mass is 32.2. The van der Waals surface area contributed by atoms with Crippen LogP contribution in [0.15, 0.2) is 41.6 Å². The number of amides is 1. The Hall–Kier alpha value is -3.01. The van der Waals surface area contributed by atoms with Crippen molar-refractivity contribution in [3.63, 3.8) is 0 Å². The molecule has 10 heteroatoms. The highest BCUT2D eigenvalue weighted by molar-refractivity contribution is 7.99. The molecule has 0 unspecified atom stereocenters. The van der Waals surface area contributed by atoms with Crippen LogP contribution in [0.4, 0.5) is 18.9 Å². The van der Waals surface area contributed by atoms with Gasteiger partial charge < -0.3 is 10.1 Å². The number of rotatable bonds is 6. The van der Waals surface area contributed by atoms with E-state index < -0.39 is 29.0 Å². The first-order valence-corrected chi connectivity index (χ1v) is 8.59. The van der Waals surface area contributed by atoms with Gasteiger partial charge >= 0.3 is 0 Å².